The third-order valence-electron chi connectivity index (χ3n) is 1.35. The van der Waals surface area contributed by atoms with E-state index in [1.807, 2.05) is 0 Å². The predicted molar refractivity (Wildman–Crippen MR) is 43.5 cm³/mol. The monoisotopic (exact) mass is 213 g/mol. The summed E-state index contributed by atoms with van der Waals surface area (Å²) in [4.78, 5) is 15.2. The molecule has 5 heteroatoms. The van der Waals surface area contributed by atoms with E-state index in [4.69, 9.17) is 0 Å². The van der Waals surface area contributed by atoms with E-state index in [9.17, 15) is 4.79 Å². The summed E-state index contributed by atoms with van der Waals surface area (Å²) in [5.74, 6) is 0. The van der Waals surface area contributed by atoms with Gasteiger partial charge in [0.05, 0.1) is 0 Å². The molecule has 56 valence electrons. The van der Waals surface area contributed by atoms with Gasteiger partial charge in [0.1, 0.15) is 4.60 Å². The van der Waals surface area contributed by atoms with Crippen LogP contribution in [0, 0.1) is 0 Å². The normalized spacial score (nSPS) is 10.6. The Morgan fingerprint density at radius 1 is 1.64 bits per heavy atom. The smallest absolute Gasteiger partial charge is 0.273 e. The number of H-pyrrole nitrogens is 1. The second-order valence-corrected chi connectivity index (χ2v) is 2.89. The number of aromatic amines is 1. The lowest BCUT2D eigenvalue weighted by molar-refractivity contribution is 0.894. The summed E-state index contributed by atoms with van der Waals surface area (Å²) < 4.78 is 1.92. The van der Waals surface area contributed by atoms with Crippen molar-refractivity contribution in [2.24, 2.45) is 0 Å². The van der Waals surface area contributed by atoms with Crippen LogP contribution in [0.1, 0.15) is 0 Å². The summed E-state index contributed by atoms with van der Waals surface area (Å²) in [6.07, 6.45) is 1.66. The molecule has 0 atom stereocenters. The standard InChI is InChI=1S/C6H4BrN3O/c7-4-3-6(11)10-5(9-4)1-2-8-10/h1-3,8H. The Morgan fingerprint density at radius 3 is 3.27 bits per heavy atom. The minimum Gasteiger partial charge on any atom is -0.297 e. The molecule has 0 amide bonds. The van der Waals surface area contributed by atoms with Crippen molar-refractivity contribution in [1.82, 2.24) is 14.6 Å². The van der Waals surface area contributed by atoms with Crippen LogP contribution in [0.15, 0.2) is 27.7 Å². The molecule has 2 rings (SSSR count). The van der Waals surface area contributed by atoms with Crippen LogP contribution in [0.2, 0.25) is 0 Å². The molecule has 2 aromatic rings. The molecule has 0 bridgehead atoms. The van der Waals surface area contributed by atoms with E-state index in [2.05, 4.69) is 26.0 Å². The lowest BCUT2D eigenvalue weighted by Gasteiger charge is -1.90. The maximum absolute atomic E-state index is 11.1. The lowest BCUT2D eigenvalue weighted by Crippen LogP contribution is -2.13. The summed E-state index contributed by atoms with van der Waals surface area (Å²) >= 11 is 3.13. The van der Waals surface area contributed by atoms with E-state index < -0.39 is 0 Å². The van der Waals surface area contributed by atoms with Crippen molar-refractivity contribution in [3.8, 4) is 0 Å². The number of fused-ring (bicyclic) bond motifs is 1. The van der Waals surface area contributed by atoms with Crippen molar-refractivity contribution in [1.29, 1.82) is 0 Å². The molecule has 0 saturated carbocycles. The van der Waals surface area contributed by atoms with Gasteiger partial charge in [0.25, 0.3) is 5.56 Å². The first kappa shape index (κ1) is 6.60. The van der Waals surface area contributed by atoms with Crippen molar-refractivity contribution < 1.29 is 0 Å². The van der Waals surface area contributed by atoms with E-state index in [1.54, 1.807) is 12.3 Å². The Morgan fingerprint density at radius 2 is 2.45 bits per heavy atom. The molecule has 0 aliphatic carbocycles. The van der Waals surface area contributed by atoms with Crippen molar-refractivity contribution >= 4 is 21.6 Å². The van der Waals surface area contributed by atoms with Crippen LogP contribution < -0.4 is 5.56 Å². The van der Waals surface area contributed by atoms with E-state index in [-0.39, 0.29) is 5.56 Å². The molecule has 0 aromatic carbocycles. The van der Waals surface area contributed by atoms with Crippen LogP contribution in [0.5, 0.6) is 0 Å². The molecule has 1 N–H and O–H groups in total. The summed E-state index contributed by atoms with van der Waals surface area (Å²) in [7, 11) is 0. The fourth-order valence-corrected chi connectivity index (χ4v) is 1.28. The van der Waals surface area contributed by atoms with Crippen LogP contribution in [0.4, 0.5) is 0 Å². The molecule has 2 heterocycles. The molecule has 11 heavy (non-hydrogen) atoms. The van der Waals surface area contributed by atoms with Gasteiger partial charge in [0, 0.05) is 18.3 Å². The van der Waals surface area contributed by atoms with E-state index in [1.165, 1.54) is 10.6 Å². The third-order valence-corrected chi connectivity index (χ3v) is 1.76. The van der Waals surface area contributed by atoms with Gasteiger partial charge in [-0.3, -0.25) is 9.89 Å². The number of rotatable bonds is 0. The van der Waals surface area contributed by atoms with Crippen LogP contribution in [0.25, 0.3) is 5.65 Å². The van der Waals surface area contributed by atoms with Crippen molar-refractivity contribution in [2.45, 2.75) is 0 Å². The van der Waals surface area contributed by atoms with E-state index in [0.29, 0.717) is 10.3 Å². The van der Waals surface area contributed by atoms with Crippen LogP contribution >= 0.6 is 15.9 Å². The summed E-state index contributed by atoms with van der Waals surface area (Å²) in [5.41, 5.74) is 0.497. The average molecular weight is 214 g/mol. The Labute approximate surface area is 70.0 Å². The lowest BCUT2D eigenvalue weighted by atomic mass is 10.6. The molecular weight excluding hydrogens is 210 g/mol. The van der Waals surface area contributed by atoms with Gasteiger partial charge in [-0.15, -0.1) is 0 Å². The van der Waals surface area contributed by atoms with Crippen molar-refractivity contribution in [3.63, 3.8) is 0 Å². The van der Waals surface area contributed by atoms with Gasteiger partial charge >= 0.3 is 0 Å². The summed E-state index contributed by atoms with van der Waals surface area (Å²) in [6.45, 7) is 0. The predicted octanol–water partition coefficient (Wildman–Crippen LogP) is 0.785. The molecule has 0 unspecified atom stereocenters. The first-order chi connectivity index (χ1) is 5.27. The largest absolute Gasteiger partial charge is 0.297 e. The number of hydrogen-bond acceptors (Lipinski definition) is 2. The quantitative estimate of drug-likeness (QED) is 0.659. The highest BCUT2D eigenvalue weighted by atomic mass is 79.9. The molecule has 0 fully saturated rings. The average Bonchev–Trinajstić information content (AvgIpc) is 2.34. The molecule has 0 radical (unpaired) electrons. The summed E-state index contributed by atoms with van der Waals surface area (Å²) in [6, 6.07) is 3.13. The molecule has 2 aromatic heterocycles. The molecule has 4 nitrogen and oxygen atoms in total. The van der Waals surface area contributed by atoms with E-state index in [0.717, 1.165) is 0 Å². The second-order valence-electron chi connectivity index (χ2n) is 2.07. The second kappa shape index (κ2) is 2.20. The Kier molecular flexibility index (Phi) is 1.32. The van der Waals surface area contributed by atoms with Gasteiger partial charge in [-0.05, 0) is 15.9 Å². The highest BCUT2D eigenvalue weighted by molar-refractivity contribution is 9.10. The van der Waals surface area contributed by atoms with Gasteiger partial charge in [-0.1, -0.05) is 0 Å². The fourth-order valence-electron chi connectivity index (χ4n) is 0.899. The molecular formula is C6H4BrN3O. The van der Waals surface area contributed by atoms with Crippen LogP contribution in [0.3, 0.4) is 0 Å². The maximum atomic E-state index is 11.1. The highest BCUT2D eigenvalue weighted by Crippen LogP contribution is 2.02. The number of nitrogens with one attached hydrogen (secondary N) is 1. The Hall–Kier alpha value is -1.10. The van der Waals surface area contributed by atoms with Crippen molar-refractivity contribution in [3.05, 3.63) is 33.3 Å². The first-order valence-corrected chi connectivity index (χ1v) is 3.79. The molecule has 0 aliphatic heterocycles. The Bertz CT molecular complexity index is 444. The fraction of sp³-hybridized carbons (Fsp3) is 0. The van der Waals surface area contributed by atoms with Gasteiger partial charge in [0.15, 0.2) is 5.65 Å². The minimum atomic E-state index is -0.119. The van der Waals surface area contributed by atoms with E-state index >= 15 is 0 Å². The highest BCUT2D eigenvalue weighted by Gasteiger charge is 1.98. The number of hydrogen-bond donors (Lipinski definition) is 1. The molecule has 0 saturated heterocycles. The number of nitrogens with zero attached hydrogens (tertiary/aromatic N) is 2. The first-order valence-electron chi connectivity index (χ1n) is 3.00. The molecule has 0 aliphatic rings. The van der Waals surface area contributed by atoms with Gasteiger partial charge in [-0.25, -0.2) is 9.50 Å². The zero-order valence-corrected chi connectivity index (χ0v) is 7.00. The van der Waals surface area contributed by atoms with Gasteiger partial charge in [0.2, 0.25) is 0 Å². The Balaban J connectivity index is 3.02. The van der Waals surface area contributed by atoms with Crippen LogP contribution in [-0.4, -0.2) is 14.6 Å². The number of halogens is 1. The zero-order valence-electron chi connectivity index (χ0n) is 5.41. The molecule has 0 spiro atoms. The van der Waals surface area contributed by atoms with Gasteiger partial charge < -0.3 is 0 Å². The minimum absolute atomic E-state index is 0.119. The SMILES string of the molecule is O=c1cc(Br)nc2cc[nH]n12. The van der Waals surface area contributed by atoms with Crippen molar-refractivity contribution in [2.75, 3.05) is 0 Å². The number of aromatic nitrogens is 3. The zero-order chi connectivity index (χ0) is 7.84. The summed E-state index contributed by atoms with van der Waals surface area (Å²) in [5, 5.41) is 2.74. The van der Waals surface area contributed by atoms with Gasteiger partial charge in [-0.2, -0.15) is 0 Å². The third kappa shape index (κ3) is 0.970. The van der Waals surface area contributed by atoms with Crippen LogP contribution in [-0.2, 0) is 0 Å². The maximum Gasteiger partial charge on any atom is 0.273 e. The topological polar surface area (TPSA) is 50.2 Å².